The maximum atomic E-state index is 10.6. The van der Waals surface area contributed by atoms with Crippen LogP contribution in [-0.2, 0) is 15.8 Å². The van der Waals surface area contributed by atoms with E-state index in [2.05, 4.69) is 0 Å². The van der Waals surface area contributed by atoms with Crippen molar-refractivity contribution in [2.75, 3.05) is 0 Å². The van der Waals surface area contributed by atoms with Crippen molar-refractivity contribution in [3.8, 4) is 0 Å². The lowest BCUT2D eigenvalue weighted by Gasteiger charge is -2.13. The minimum absolute atomic E-state index is 0.0795. The molecule has 2 aliphatic heterocycles. The Morgan fingerprint density at radius 1 is 1.50 bits per heavy atom. The van der Waals surface area contributed by atoms with Gasteiger partial charge in [-0.2, -0.15) is 0 Å². The lowest BCUT2D eigenvalue weighted by Crippen LogP contribution is -2.26. The maximum Gasteiger partial charge on any atom is 0.158 e. The highest BCUT2D eigenvalue weighted by molar-refractivity contribution is 7.80. The largest absolute Gasteiger partial charge is 0.374 e. The van der Waals surface area contributed by atoms with Crippen LogP contribution in [0.25, 0.3) is 0 Å². The zero-order valence-corrected chi connectivity index (χ0v) is 6.34. The van der Waals surface area contributed by atoms with E-state index in [1.807, 2.05) is 0 Å². The van der Waals surface area contributed by atoms with Crippen molar-refractivity contribution in [2.45, 2.75) is 36.7 Å². The molecule has 2 aliphatic rings. The summed E-state index contributed by atoms with van der Waals surface area (Å²) < 4.78 is 24.8. The van der Waals surface area contributed by atoms with Crippen molar-refractivity contribution in [3.63, 3.8) is 0 Å². The van der Waals surface area contributed by atoms with Crippen molar-refractivity contribution in [1.29, 1.82) is 0 Å². The molecule has 1 unspecified atom stereocenters. The van der Waals surface area contributed by atoms with Crippen LogP contribution < -0.4 is 0 Å². The van der Waals surface area contributed by atoms with Gasteiger partial charge < -0.3 is 9.29 Å². The van der Waals surface area contributed by atoms with Crippen LogP contribution in [0.5, 0.6) is 0 Å². The van der Waals surface area contributed by atoms with Gasteiger partial charge in [0, 0.05) is 0 Å². The molecule has 3 nitrogen and oxygen atoms in total. The smallest absolute Gasteiger partial charge is 0.158 e. The average molecular weight is 162 g/mol. The normalized spacial score (nSPS) is 47.9. The molecular formula is C6H10O3S. The molecule has 0 aliphatic carbocycles. The van der Waals surface area contributed by atoms with Crippen LogP contribution in [-0.4, -0.2) is 26.2 Å². The highest BCUT2D eigenvalue weighted by atomic mass is 32.2. The molecule has 2 bridgehead atoms. The quantitative estimate of drug-likeness (QED) is 0.572. The fourth-order valence-electron chi connectivity index (χ4n) is 1.80. The summed E-state index contributed by atoms with van der Waals surface area (Å²) >= 11 is -1.67. The third-order valence-corrected chi connectivity index (χ3v) is 3.32. The molecule has 2 rings (SSSR count). The van der Waals surface area contributed by atoms with Crippen molar-refractivity contribution in [3.05, 3.63) is 0 Å². The van der Waals surface area contributed by atoms with E-state index in [0.717, 1.165) is 19.3 Å². The van der Waals surface area contributed by atoms with E-state index in [-0.39, 0.29) is 17.5 Å². The van der Waals surface area contributed by atoms with Crippen molar-refractivity contribution < 1.29 is 13.5 Å². The average Bonchev–Trinajstić information content (AvgIpc) is 2.44. The van der Waals surface area contributed by atoms with Gasteiger partial charge in [-0.05, 0) is 19.3 Å². The molecule has 2 fully saturated rings. The number of hydrogen-bond acceptors (Lipinski definition) is 2. The predicted octanol–water partition coefficient (Wildman–Crippen LogP) is 0.528. The van der Waals surface area contributed by atoms with E-state index in [9.17, 15) is 4.21 Å². The number of ether oxygens (including phenoxy) is 1. The van der Waals surface area contributed by atoms with Crippen LogP contribution in [0.4, 0.5) is 0 Å². The molecule has 2 heterocycles. The Hall–Kier alpha value is 0.0700. The van der Waals surface area contributed by atoms with Gasteiger partial charge in [0.2, 0.25) is 0 Å². The maximum absolute atomic E-state index is 10.6. The first kappa shape index (κ1) is 6.76. The Bertz CT molecular complexity index is 170. The molecule has 0 spiro atoms. The van der Waals surface area contributed by atoms with E-state index in [4.69, 9.17) is 9.29 Å². The van der Waals surface area contributed by atoms with Gasteiger partial charge >= 0.3 is 0 Å². The fraction of sp³-hybridized carbons (Fsp3) is 1.00. The summed E-state index contributed by atoms with van der Waals surface area (Å²) in [5.41, 5.74) is 0. The van der Waals surface area contributed by atoms with E-state index in [1.54, 1.807) is 0 Å². The summed E-state index contributed by atoms with van der Waals surface area (Å²) in [6, 6.07) is 0. The monoisotopic (exact) mass is 162 g/mol. The first-order chi connectivity index (χ1) is 4.77. The van der Waals surface area contributed by atoms with Gasteiger partial charge in [-0.25, -0.2) is 4.21 Å². The summed E-state index contributed by atoms with van der Waals surface area (Å²) in [5, 5.41) is -0.0984. The summed E-state index contributed by atoms with van der Waals surface area (Å²) in [5.74, 6) is 0. The molecule has 0 amide bonds. The number of hydrogen-bond donors (Lipinski definition) is 1. The zero-order chi connectivity index (χ0) is 7.14. The van der Waals surface area contributed by atoms with E-state index >= 15 is 0 Å². The van der Waals surface area contributed by atoms with Crippen LogP contribution in [0.2, 0.25) is 0 Å². The van der Waals surface area contributed by atoms with Gasteiger partial charge in [-0.15, -0.1) is 0 Å². The van der Waals surface area contributed by atoms with Gasteiger partial charge in [-0.1, -0.05) is 0 Å². The van der Waals surface area contributed by atoms with E-state index in [0.29, 0.717) is 0 Å². The van der Waals surface area contributed by atoms with Gasteiger partial charge in [0.05, 0.1) is 17.5 Å². The molecule has 4 atom stereocenters. The third-order valence-electron chi connectivity index (χ3n) is 2.31. The Kier molecular flexibility index (Phi) is 1.55. The topological polar surface area (TPSA) is 46.5 Å². The molecule has 0 aromatic heterocycles. The number of rotatable bonds is 1. The molecule has 0 saturated carbocycles. The predicted molar refractivity (Wildman–Crippen MR) is 37.1 cm³/mol. The van der Waals surface area contributed by atoms with Crippen LogP contribution in [0.15, 0.2) is 0 Å². The van der Waals surface area contributed by atoms with Gasteiger partial charge in [0.15, 0.2) is 11.1 Å². The summed E-state index contributed by atoms with van der Waals surface area (Å²) in [4.78, 5) is 0. The van der Waals surface area contributed by atoms with Gasteiger partial charge in [0.25, 0.3) is 0 Å². The SMILES string of the molecule is O=S(O)[C@H]1C[C@@H]2CC[C@H]1O2. The molecular weight excluding hydrogens is 152 g/mol. The van der Waals surface area contributed by atoms with Crippen molar-refractivity contribution in [2.24, 2.45) is 0 Å². The third kappa shape index (κ3) is 0.909. The zero-order valence-electron chi connectivity index (χ0n) is 5.53. The molecule has 58 valence electrons. The summed E-state index contributed by atoms with van der Waals surface area (Å²) in [6.45, 7) is 0. The van der Waals surface area contributed by atoms with Crippen LogP contribution in [0, 0.1) is 0 Å². The molecule has 1 N–H and O–H groups in total. The second kappa shape index (κ2) is 2.29. The molecule has 2 saturated heterocycles. The molecule has 0 radical (unpaired) electrons. The molecule has 10 heavy (non-hydrogen) atoms. The Morgan fingerprint density at radius 2 is 2.30 bits per heavy atom. The van der Waals surface area contributed by atoms with Gasteiger partial charge in [0.1, 0.15) is 0 Å². The van der Waals surface area contributed by atoms with Crippen LogP contribution in [0.3, 0.4) is 0 Å². The van der Waals surface area contributed by atoms with Crippen molar-refractivity contribution >= 4 is 11.1 Å². The summed E-state index contributed by atoms with van der Waals surface area (Å²) in [6.07, 6.45) is 3.20. The minimum atomic E-state index is -1.67. The first-order valence-corrected chi connectivity index (χ1v) is 4.69. The minimum Gasteiger partial charge on any atom is -0.374 e. The van der Waals surface area contributed by atoms with Crippen LogP contribution >= 0.6 is 0 Å². The Morgan fingerprint density at radius 3 is 2.60 bits per heavy atom. The second-order valence-corrected chi connectivity index (χ2v) is 4.08. The van der Waals surface area contributed by atoms with E-state index in [1.165, 1.54) is 0 Å². The van der Waals surface area contributed by atoms with E-state index < -0.39 is 11.1 Å². The lowest BCUT2D eigenvalue weighted by atomic mass is 10.0. The summed E-state index contributed by atoms with van der Waals surface area (Å²) in [7, 11) is 0. The van der Waals surface area contributed by atoms with Crippen LogP contribution in [0.1, 0.15) is 19.3 Å². The highest BCUT2D eigenvalue weighted by Crippen LogP contribution is 2.36. The van der Waals surface area contributed by atoms with Gasteiger partial charge in [-0.3, -0.25) is 0 Å². The Labute approximate surface area is 62.0 Å². The molecule has 4 heteroatoms. The standard InChI is InChI=1S/C6H10O3S/c7-10(8)6-3-4-1-2-5(6)9-4/h4-6H,1-3H2,(H,7,8)/t4-,5+,6-/m0/s1. The highest BCUT2D eigenvalue weighted by Gasteiger charge is 2.43. The fourth-order valence-corrected chi connectivity index (χ4v) is 2.64. The number of fused-ring (bicyclic) bond motifs is 2. The Balaban J connectivity index is 2.08. The molecule has 0 aromatic rings. The lowest BCUT2D eigenvalue weighted by molar-refractivity contribution is 0.105. The van der Waals surface area contributed by atoms with Crippen molar-refractivity contribution in [1.82, 2.24) is 0 Å². The first-order valence-electron chi connectivity index (χ1n) is 3.52. The second-order valence-electron chi connectivity index (χ2n) is 2.92. The molecule has 0 aromatic carbocycles.